The minimum atomic E-state index is -0.309. The van der Waals surface area contributed by atoms with Gasteiger partial charge in [-0.1, -0.05) is 23.2 Å². The van der Waals surface area contributed by atoms with Gasteiger partial charge in [0.15, 0.2) is 12.3 Å². The third kappa shape index (κ3) is 3.60. The molecule has 0 fully saturated rings. The summed E-state index contributed by atoms with van der Waals surface area (Å²) in [5, 5.41) is 7.87. The van der Waals surface area contributed by atoms with Gasteiger partial charge in [0.25, 0.3) is 5.91 Å². The summed E-state index contributed by atoms with van der Waals surface area (Å²) in [7, 11) is 0. The first kappa shape index (κ1) is 16.5. The number of hydrogen-bond acceptors (Lipinski definition) is 4. The molecule has 0 aliphatic carbocycles. The highest BCUT2D eigenvalue weighted by atomic mass is 35.5. The summed E-state index contributed by atoms with van der Waals surface area (Å²) in [5.41, 5.74) is 2.28. The standard InChI is InChI=1S/C16H14Cl2N4O2/c1-9-5-12(7-22-16(9)19-10(2)21-22)20-15(23)8-24-14-4-3-11(17)6-13(14)18/h3-7H,8H2,1-2H3,(H,20,23). The van der Waals surface area contributed by atoms with Crippen LogP contribution in [0.2, 0.25) is 10.0 Å². The quantitative estimate of drug-likeness (QED) is 0.766. The Bertz CT molecular complexity index is 924. The molecule has 0 atom stereocenters. The van der Waals surface area contributed by atoms with Crippen LogP contribution in [0.4, 0.5) is 5.69 Å². The zero-order valence-electron chi connectivity index (χ0n) is 13.0. The van der Waals surface area contributed by atoms with E-state index in [0.29, 0.717) is 27.3 Å². The third-order valence-corrected chi connectivity index (χ3v) is 3.79. The Morgan fingerprint density at radius 2 is 2.08 bits per heavy atom. The van der Waals surface area contributed by atoms with Crippen molar-refractivity contribution >= 4 is 40.4 Å². The van der Waals surface area contributed by atoms with Crippen LogP contribution in [0, 0.1) is 13.8 Å². The second kappa shape index (κ2) is 6.67. The maximum atomic E-state index is 12.1. The minimum Gasteiger partial charge on any atom is -0.482 e. The van der Waals surface area contributed by atoms with Crippen LogP contribution in [0.3, 0.4) is 0 Å². The topological polar surface area (TPSA) is 68.5 Å². The summed E-state index contributed by atoms with van der Waals surface area (Å²) >= 11 is 11.8. The van der Waals surface area contributed by atoms with Crippen LogP contribution < -0.4 is 10.1 Å². The summed E-state index contributed by atoms with van der Waals surface area (Å²) in [6, 6.07) is 6.65. The molecule has 0 saturated heterocycles. The number of carbonyl (C=O) groups is 1. The third-order valence-electron chi connectivity index (χ3n) is 3.26. The number of hydrogen-bond donors (Lipinski definition) is 1. The van der Waals surface area contributed by atoms with Crippen LogP contribution >= 0.6 is 23.2 Å². The fourth-order valence-electron chi connectivity index (χ4n) is 2.26. The summed E-state index contributed by atoms with van der Waals surface area (Å²) in [5.74, 6) is 0.758. The number of nitrogens with one attached hydrogen (secondary N) is 1. The highest BCUT2D eigenvalue weighted by Gasteiger charge is 2.10. The van der Waals surface area contributed by atoms with Gasteiger partial charge >= 0.3 is 0 Å². The lowest BCUT2D eigenvalue weighted by Crippen LogP contribution is -2.20. The predicted molar refractivity (Wildman–Crippen MR) is 93.0 cm³/mol. The molecule has 2 heterocycles. The Labute approximate surface area is 148 Å². The first-order valence-corrected chi connectivity index (χ1v) is 7.89. The number of nitrogens with zero attached hydrogens (tertiary/aromatic N) is 3. The molecule has 0 unspecified atom stereocenters. The van der Waals surface area contributed by atoms with Crippen LogP contribution in [0.1, 0.15) is 11.4 Å². The van der Waals surface area contributed by atoms with E-state index in [2.05, 4.69) is 15.4 Å². The van der Waals surface area contributed by atoms with E-state index in [1.807, 2.05) is 19.9 Å². The van der Waals surface area contributed by atoms with Gasteiger partial charge in [0.2, 0.25) is 0 Å². The summed E-state index contributed by atoms with van der Waals surface area (Å²) in [6.45, 7) is 3.55. The first-order valence-electron chi connectivity index (χ1n) is 7.14. The van der Waals surface area contributed by atoms with E-state index in [1.54, 1.807) is 28.9 Å². The molecule has 0 bridgehead atoms. The number of aromatic nitrogens is 3. The van der Waals surface area contributed by atoms with E-state index in [4.69, 9.17) is 27.9 Å². The van der Waals surface area contributed by atoms with Gasteiger partial charge in [0.05, 0.1) is 16.9 Å². The van der Waals surface area contributed by atoms with Crippen molar-refractivity contribution < 1.29 is 9.53 Å². The lowest BCUT2D eigenvalue weighted by atomic mass is 10.3. The molecule has 0 spiro atoms. The number of pyridine rings is 1. The van der Waals surface area contributed by atoms with Gasteiger partial charge in [-0.25, -0.2) is 9.50 Å². The number of ether oxygens (including phenoxy) is 1. The molecule has 2 aromatic heterocycles. The molecule has 3 rings (SSSR count). The highest BCUT2D eigenvalue weighted by molar-refractivity contribution is 6.35. The molecule has 0 aliphatic heterocycles. The van der Waals surface area contributed by atoms with Gasteiger partial charge < -0.3 is 10.1 Å². The van der Waals surface area contributed by atoms with E-state index in [-0.39, 0.29) is 12.5 Å². The monoisotopic (exact) mass is 364 g/mol. The first-order chi connectivity index (χ1) is 11.4. The molecule has 8 heteroatoms. The van der Waals surface area contributed by atoms with Crippen molar-refractivity contribution in [2.75, 3.05) is 11.9 Å². The molecular weight excluding hydrogens is 351 g/mol. The van der Waals surface area contributed by atoms with Crippen molar-refractivity contribution in [2.45, 2.75) is 13.8 Å². The zero-order chi connectivity index (χ0) is 17.3. The van der Waals surface area contributed by atoms with Crippen molar-refractivity contribution in [1.82, 2.24) is 14.6 Å². The fraction of sp³-hybridized carbons (Fsp3) is 0.188. The smallest absolute Gasteiger partial charge is 0.262 e. The number of amides is 1. The van der Waals surface area contributed by atoms with Gasteiger partial charge in [0, 0.05) is 5.02 Å². The maximum absolute atomic E-state index is 12.1. The van der Waals surface area contributed by atoms with E-state index in [9.17, 15) is 4.79 Å². The molecule has 0 aliphatic rings. The molecule has 1 amide bonds. The maximum Gasteiger partial charge on any atom is 0.262 e. The average Bonchev–Trinajstić information content (AvgIpc) is 2.87. The Hall–Kier alpha value is -2.31. The Balaban J connectivity index is 1.68. The number of carbonyl (C=O) groups excluding carboxylic acids is 1. The largest absolute Gasteiger partial charge is 0.482 e. The Kier molecular flexibility index (Phi) is 4.59. The van der Waals surface area contributed by atoms with Crippen molar-refractivity contribution in [1.29, 1.82) is 0 Å². The lowest BCUT2D eigenvalue weighted by molar-refractivity contribution is -0.118. The zero-order valence-corrected chi connectivity index (χ0v) is 14.5. The number of halogens is 2. The van der Waals surface area contributed by atoms with Gasteiger partial charge in [0.1, 0.15) is 11.6 Å². The van der Waals surface area contributed by atoms with Crippen molar-refractivity contribution in [3.05, 3.63) is 51.9 Å². The van der Waals surface area contributed by atoms with Crippen molar-refractivity contribution in [3.63, 3.8) is 0 Å². The molecule has 0 saturated carbocycles. The second-order valence-electron chi connectivity index (χ2n) is 5.25. The van der Waals surface area contributed by atoms with Gasteiger partial charge in [-0.3, -0.25) is 4.79 Å². The Morgan fingerprint density at radius 1 is 1.29 bits per heavy atom. The predicted octanol–water partition coefficient (Wildman–Crippen LogP) is 3.67. The normalized spacial score (nSPS) is 10.8. The number of fused-ring (bicyclic) bond motifs is 1. The van der Waals surface area contributed by atoms with Gasteiger partial charge in [-0.05, 0) is 43.7 Å². The number of benzene rings is 1. The van der Waals surface area contributed by atoms with Crippen molar-refractivity contribution in [3.8, 4) is 5.75 Å². The molecular formula is C16H14Cl2N4O2. The molecule has 1 aromatic carbocycles. The average molecular weight is 365 g/mol. The van der Waals surface area contributed by atoms with E-state index in [0.717, 1.165) is 11.2 Å². The van der Waals surface area contributed by atoms with E-state index < -0.39 is 0 Å². The lowest BCUT2D eigenvalue weighted by Gasteiger charge is -2.09. The van der Waals surface area contributed by atoms with E-state index >= 15 is 0 Å². The summed E-state index contributed by atoms with van der Waals surface area (Å²) in [6.07, 6.45) is 1.70. The molecule has 6 nitrogen and oxygen atoms in total. The van der Waals surface area contributed by atoms with Crippen LogP contribution in [0.5, 0.6) is 5.75 Å². The van der Waals surface area contributed by atoms with E-state index in [1.165, 1.54) is 0 Å². The molecule has 1 N–H and O–H groups in total. The number of anilines is 1. The summed E-state index contributed by atoms with van der Waals surface area (Å²) < 4.78 is 7.05. The molecule has 124 valence electrons. The second-order valence-corrected chi connectivity index (χ2v) is 6.09. The van der Waals surface area contributed by atoms with Crippen LogP contribution in [0.25, 0.3) is 5.65 Å². The number of aryl methyl sites for hydroxylation is 2. The van der Waals surface area contributed by atoms with Gasteiger partial charge in [-0.2, -0.15) is 5.10 Å². The Morgan fingerprint density at radius 3 is 2.83 bits per heavy atom. The molecule has 0 radical (unpaired) electrons. The molecule has 3 aromatic rings. The molecule has 24 heavy (non-hydrogen) atoms. The van der Waals surface area contributed by atoms with Gasteiger partial charge in [-0.15, -0.1) is 0 Å². The SMILES string of the molecule is Cc1nc2c(C)cc(NC(=O)COc3ccc(Cl)cc3Cl)cn2n1. The van der Waals surface area contributed by atoms with Crippen molar-refractivity contribution in [2.24, 2.45) is 0 Å². The van der Waals surface area contributed by atoms with Crippen LogP contribution in [0.15, 0.2) is 30.5 Å². The minimum absolute atomic E-state index is 0.172. The van der Waals surface area contributed by atoms with Crippen LogP contribution in [-0.4, -0.2) is 27.1 Å². The fourth-order valence-corrected chi connectivity index (χ4v) is 2.72. The summed E-state index contributed by atoms with van der Waals surface area (Å²) in [4.78, 5) is 16.4. The van der Waals surface area contributed by atoms with Crippen LogP contribution in [-0.2, 0) is 4.79 Å². The number of rotatable bonds is 4. The highest BCUT2D eigenvalue weighted by Crippen LogP contribution is 2.27.